The number of hydrogen-bond acceptors (Lipinski definition) is 4. The highest BCUT2D eigenvalue weighted by molar-refractivity contribution is 5.70. The average Bonchev–Trinajstić information content (AvgIpc) is 2.25. The number of carboxylic acids is 1. The van der Waals surface area contributed by atoms with E-state index >= 15 is 0 Å². The van der Waals surface area contributed by atoms with Gasteiger partial charge in [0.05, 0.1) is 5.54 Å². The van der Waals surface area contributed by atoms with Crippen molar-refractivity contribution in [2.45, 2.75) is 57.6 Å². The van der Waals surface area contributed by atoms with Gasteiger partial charge in [-0.2, -0.15) is 0 Å². The van der Waals surface area contributed by atoms with Crippen LogP contribution in [0.15, 0.2) is 0 Å². The summed E-state index contributed by atoms with van der Waals surface area (Å²) in [6, 6.07) is 0. The summed E-state index contributed by atoms with van der Waals surface area (Å²) >= 11 is 0. The van der Waals surface area contributed by atoms with E-state index in [1.807, 2.05) is 0 Å². The van der Waals surface area contributed by atoms with Gasteiger partial charge in [-0.1, -0.05) is 0 Å². The largest absolute Gasteiger partial charge is 0.481 e. The van der Waals surface area contributed by atoms with Crippen LogP contribution in [0.5, 0.6) is 0 Å². The molecule has 6 nitrogen and oxygen atoms in total. The fourth-order valence-corrected chi connectivity index (χ4v) is 2.22. The zero-order chi connectivity index (χ0) is 14.5. The van der Waals surface area contributed by atoms with Gasteiger partial charge in [-0.15, -0.1) is 0 Å². The van der Waals surface area contributed by atoms with E-state index in [2.05, 4.69) is 10.6 Å². The number of carbonyl (C=O) groups is 2. The predicted molar refractivity (Wildman–Crippen MR) is 71.1 cm³/mol. The minimum Gasteiger partial charge on any atom is -0.481 e. The second-order valence-corrected chi connectivity index (χ2v) is 6.08. The third-order valence-corrected chi connectivity index (χ3v) is 3.06. The third kappa shape index (κ3) is 5.92. The van der Waals surface area contributed by atoms with Gasteiger partial charge < -0.3 is 20.5 Å². The molecular formula is C13H24N2O4. The van der Waals surface area contributed by atoms with Crippen LogP contribution < -0.4 is 10.6 Å². The van der Waals surface area contributed by atoms with Gasteiger partial charge in [0, 0.05) is 13.0 Å². The fourth-order valence-electron chi connectivity index (χ4n) is 2.22. The number of rotatable bonds is 4. The number of carbonyl (C=O) groups excluding carboxylic acids is 1. The van der Waals surface area contributed by atoms with Gasteiger partial charge in [-0.05, 0) is 46.6 Å². The first-order valence-corrected chi connectivity index (χ1v) is 6.66. The average molecular weight is 272 g/mol. The van der Waals surface area contributed by atoms with E-state index in [0.29, 0.717) is 13.0 Å². The van der Waals surface area contributed by atoms with Crippen molar-refractivity contribution in [1.29, 1.82) is 0 Å². The van der Waals surface area contributed by atoms with Crippen LogP contribution in [0, 0.1) is 0 Å². The second kappa shape index (κ2) is 6.23. The first-order chi connectivity index (χ1) is 8.72. The molecule has 0 aromatic carbocycles. The molecule has 1 atom stereocenters. The third-order valence-electron chi connectivity index (χ3n) is 3.06. The molecule has 110 valence electrons. The van der Waals surface area contributed by atoms with E-state index in [1.54, 1.807) is 20.8 Å². The van der Waals surface area contributed by atoms with Crippen LogP contribution in [0.3, 0.4) is 0 Å². The lowest BCUT2D eigenvalue weighted by atomic mass is 9.85. The van der Waals surface area contributed by atoms with Crippen molar-refractivity contribution in [3.63, 3.8) is 0 Å². The SMILES string of the molecule is CC(C)(C)OC(=O)N[C@]1(CCC(=O)O)CCCNC1. The highest BCUT2D eigenvalue weighted by atomic mass is 16.6. The molecule has 3 N–H and O–H groups in total. The molecular weight excluding hydrogens is 248 g/mol. The van der Waals surface area contributed by atoms with Crippen molar-refractivity contribution in [2.24, 2.45) is 0 Å². The fraction of sp³-hybridized carbons (Fsp3) is 0.846. The Morgan fingerprint density at radius 3 is 2.58 bits per heavy atom. The van der Waals surface area contributed by atoms with Gasteiger partial charge in [0.2, 0.25) is 0 Å². The zero-order valence-electron chi connectivity index (χ0n) is 11.9. The zero-order valence-corrected chi connectivity index (χ0v) is 11.9. The Labute approximate surface area is 113 Å². The standard InChI is InChI=1S/C13H24N2O4/c1-12(2,3)19-11(18)15-13(7-5-10(16)17)6-4-8-14-9-13/h14H,4-9H2,1-3H3,(H,15,18)(H,16,17)/t13-/m0/s1. The molecule has 0 bridgehead atoms. The maximum atomic E-state index is 11.9. The normalized spacial score (nSPS) is 23.7. The number of amides is 1. The lowest BCUT2D eigenvalue weighted by molar-refractivity contribution is -0.137. The number of ether oxygens (including phenoxy) is 1. The van der Waals surface area contributed by atoms with Crippen LogP contribution >= 0.6 is 0 Å². The Hall–Kier alpha value is -1.30. The Morgan fingerprint density at radius 2 is 2.11 bits per heavy atom. The van der Waals surface area contributed by atoms with E-state index in [-0.39, 0.29) is 6.42 Å². The maximum absolute atomic E-state index is 11.9. The maximum Gasteiger partial charge on any atom is 0.408 e. The summed E-state index contributed by atoms with van der Waals surface area (Å²) in [4.78, 5) is 22.6. The van der Waals surface area contributed by atoms with Crippen molar-refractivity contribution in [3.05, 3.63) is 0 Å². The minimum absolute atomic E-state index is 0.0392. The van der Waals surface area contributed by atoms with Crippen LogP contribution in [0.1, 0.15) is 46.5 Å². The quantitative estimate of drug-likeness (QED) is 0.722. The predicted octanol–water partition coefficient (Wildman–Crippen LogP) is 1.50. The molecule has 1 heterocycles. The van der Waals surface area contributed by atoms with Crippen molar-refractivity contribution >= 4 is 12.1 Å². The molecule has 1 rings (SSSR count). The van der Waals surface area contributed by atoms with Crippen LogP contribution in [0.2, 0.25) is 0 Å². The van der Waals surface area contributed by atoms with E-state index in [4.69, 9.17) is 9.84 Å². The molecule has 1 amide bonds. The summed E-state index contributed by atoms with van der Waals surface area (Å²) in [5.41, 5.74) is -1.07. The summed E-state index contributed by atoms with van der Waals surface area (Å²) in [6.07, 6.45) is 1.65. The summed E-state index contributed by atoms with van der Waals surface area (Å²) in [7, 11) is 0. The first-order valence-electron chi connectivity index (χ1n) is 6.66. The van der Waals surface area contributed by atoms with E-state index in [1.165, 1.54) is 0 Å². The van der Waals surface area contributed by atoms with Crippen LogP contribution in [-0.4, -0.2) is 41.4 Å². The first kappa shape index (κ1) is 15.8. The van der Waals surface area contributed by atoms with E-state index < -0.39 is 23.2 Å². The van der Waals surface area contributed by atoms with Crippen LogP contribution in [-0.2, 0) is 9.53 Å². The Morgan fingerprint density at radius 1 is 1.42 bits per heavy atom. The lowest BCUT2D eigenvalue weighted by Gasteiger charge is -2.38. The molecule has 1 aliphatic rings. The number of piperidine rings is 1. The summed E-state index contributed by atoms with van der Waals surface area (Å²) < 4.78 is 5.25. The summed E-state index contributed by atoms with van der Waals surface area (Å²) in [6.45, 7) is 6.88. The summed E-state index contributed by atoms with van der Waals surface area (Å²) in [5, 5.41) is 14.9. The second-order valence-electron chi connectivity index (χ2n) is 6.08. The molecule has 0 aliphatic carbocycles. The molecule has 0 radical (unpaired) electrons. The van der Waals surface area contributed by atoms with Crippen molar-refractivity contribution < 1.29 is 19.4 Å². The molecule has 1 fully saturated rings. The molecule has 1 saturated heterocycles. The van der Waals surface area contributed by atoms with Gasteiger partial charge in [0.1, 0.15) is 5.60 Å². The van der Waals surface area contributed by atoms with Crippen molar-refractivity contribution in [2.75, 3.05) is 13.1 Å². The Bertz CT molecular complexity index is 330. The minimum atomic E-state index is -0.851. The Balaban J connectivity index is 2.63. The van der Waals surface area contributed by atoms with E-state index in [9.17, 15) is 9.59 Å². The molecule has 0 saturated carbocycles. The molecule has 0 unspecified atom stereocenters. The number of aliphatic carboxylic acids is 1. The molecule has 6 heteroatoms. The summed E-state index contributed by atoms with van der Waals surface area (Å²) in [5.74, 6) is -0.851. The van der Waals surface area contributed by atoms with Gasteiger partial charge in [0.25, 0.3) is 0 Å². The molecule has 0 aromatic rings. The van der Waals surface area contributed by atoms with Gasteiger partial charge >= 0.3 is 12.1 Å². The lowest BCUT2D eigenvalue weighted by Crippen LogP contribution is -2.58. The van der Waals surface area contributed by atoms with Gasteiger partial charge in [0.15, 0.2) is 0 Å². The van der Waals surface area contributed by atoms with Crippen LogP contribution in [0.25, 0.3) is 0 Å². The smallest absolute Gasteiger partial charge is 0.408 e. The van der Waals surface area contributed by atoms with Crippen molar-refractivity contribution in [3.8, 4) is 0 Å². The number of carboxylic acid groups (broad SMARTS) is 1. The molecule has 0 spiro atoms. The van der Waals surface area contributed by atoms with Crippen molar-refractivity contribution in [1.82, 2.24) is 10.6 Å². The number of hydrogen-bond donors (Lipinski definition) is 3. The molecule has 1 aliphatic heterocycles. The number of alkyl carbamates (subject to hydrolysis) is 1. The van der Waals surface area contributed by atoms with Crippen LogP contribution in [0.4, 0.5) is 4.79 Å². The monoisotopic (exact) mass is 272 g/mol. The number of nitrogens with one attached hydrogen (secondary N) is 2. The molecule has 19 heavy (non-hydrogen) atoms. The van der Waals surface area contributed by atoms with Gasteiger partial charge in [-0.25, -0.2) is 4.79 Å². The van der Waals surface area contributed by atoms with E-state index in [0.717, 1.165) is 19.4 Å². The highest BCUT2D eigenvalue weighted by Crippen LogP contribution is 2.23. The Kier molecular flexibility index (Phi) is 5.17. The highest BCUT2D eigenvalue weighted by Gasteiger charge is 2.35. The molecule has 0 aromatic heterocycles. The van der Waals surface area contributed by atoms with Gasteiger partial charge in [-0.3, -0.25) is 4.79 Å². The topological polar surface area (TPSA) is 87.7 Å².